The molecule has 2 amide bonds. The fourth-order valence-electron chi connectivity index (χ4n) is 4.27. The van der Waals surface area contributed by atoms with E-state index in [1.807, 2.05) is 21.8 Å². The van der Waals surface area contributed by atoms with E-state index in [-0.39, 0.29) is 17.7 Å². The van der Waals surface area contributed by atoms with E-state index < -0.39 is 0 Å². The predicted octanol–water partition coefficient (Wildman–Crippen LogP) is 1.87. The number of nitrogens with zero attached hydrogens (tertiary/aromatic N) is 5. The Balaban J connectivity index is 1.29. The second-order valence-electron chi connectivity index (χ2n) is 7.75. The Morgan fingerprint density at radius 2 is 2.00 bits per heavy atom. The largest absolute Gasteiger partial charge is 0.352 e. The van der Waals surface area contributed by atoms with Gasteiger partial charge in [-0.3, -0.25) is 24.2 Å². The first-order chi connectivity index (χ1) is 14.7. The molecule has 3 aromatic rings. The fraction of sp³-hybridized carbons (Fsp3) is 0.318. The Labute approximate surface area is 173 Å². The van der Waals surface area contributed by atoms with E-state index in [0.717, 1.165) is 36.3 Å². The van der Waals surface area contributed by atoms with E-state index in [4.69, 9.17) is 0 Å². The normalized spacial score (nSPS) is 17.3. The number of hydrogen-bond acceptors (Lipinski definition) is 5. The van der Waals surface area contributed by atoms with Crippen molar-refractivity contribution in [2.45, 2.75) is 25.8 Å². The number of aromatic nitrogens is 4. The molecule has 8 nitrogen and oxygen atoms in total. The lowest BCUT2D eigenvalue weighted by atomic mass is 9.94. The monoisotopic (exact) mass is 402 g/mol. The van der Waals surface area contributed by atoms with Crippen molar-refractivity contribution < 1.29 is 9.59 Å². The Bertz CT molecular complexity index is 1090. The van der Waals surface area contributed by atoms with E-state index in [1.165, 1.54) is 0 Å². The molecule has 0 radical (unpaired) electrons. The lowest BCUT2D eigenvalue weighted by Crippen LogP contribution is -2.35. The van der Waals surface area contributed by atoms with E-state index in [2.05, 4.69) is 20.4 Å². The Morgan fingerprint density at radius 1 is 1.10 bits per heavy atom. The number of pyridine rings is 2. The van der Waals surface area contributed by atoms with Crippen LogP contribution >= 0.6 is 0 Å². The van der Waals surface area contributed by atoms with Gasteiger partial charge in [0.1, 0.15) is 0 Å². The van der Waals surface area contributed by atoms with Crippen LogP contribution in [-0.2, 0) is 19.4 Å². The van der Waals surface area contributed by atoms with E-state index >= 15 is 0 Å². The second-order valence-corrected chi connectivity index (χ2v) is 7.75. The van der Waals surface area contributed by atoms with Crippen molar-refractivity contribution in [1.82, 2.24) is 25.1 Å². The first-order valence-electron chi connectivity index (χ1n) is 10.2. The summed E-state index contributed by atoms with van der Waals surface area (Å²) in [5.41, 5.74) is 4.20. The Morgan fingerprint density at radius 3 is 2.87 bits per heavy atom. The van der Waals surface area contributed by atoms with Gasteiger partial charge in [0.15, 0.2) is 0 Å². The maximum atomic E-state index is 13.3. The molecule has 0 aromatic carbocycles. The van der Waals surface area contributed by atoms with Crippen LogP contribution in [0.4, 0.5) is 5.69 Å². The third kappa shape index (κ3) is 3.34. The van der Waals surface area contributed by atoms with Crippen LogP contribution in [0.25, 0.3) is 0 Å². The quantitative estimate of drug-likeness (QED) is 0.719. The van der Waals surface area contributed by atoms with Crippen LogP contribution in [0.5, 0.6) is 0 Å². The topological polar surface area (TPSA) is 93.0 Å². The molecule has 0 aliphatic carbocycles. The van der Waals surface area contributed by atoms with Gasteiger partial charge in [-0.15, -0.1) is 0 Å². The van der Waals surface area contributed by atoms with Crippen molar-refractivity contribution in [3.8, 4) is 0 Å². The van der Waals surface area contributed by atoms with Gasteiger partial charge in [0.2, 0.25) is 0 Å². The van der Waals surface area contributed by atoms with Crippen molar-refractivity contribution in [1.29, 1.82) is 0 Å². The van der Waals surface area contributed by atoms with Crippen molar-refractivity contribution in [3.63, 3.8) is 0 Å². The summed E-state index contributed by atoms with van der Waals surface area (Å²) in [6, 6.07) is 5.39. The van der Waals surface area contributed by atoms with E-state index in [1.54, 1.807) is 36.9 Å². The molecule has 0 fully saturated rings. The molecule has 1 unspecified atom stereocenters. The zero-order valence-corrected chi connectivity index (χ0v) is 16.5. The minimum absolute atomic E-state index is 0.0127. The maximum Gasteiger partial charge on any atom is 0.261 e. The average Bonchev–Trinajstić information content (AvgIpc) is 3.41. The molecule has 5 rings (SSSR count). The summed E-state index contributed by atoms with van der Waals surface area (Å²) in [4.78, 5) is 35.6. The molecular formula is C22H22N6O2. The number of carbonyl (C=O) groups excluding carboxylic acids is 2. The molecule has 152 valence electrons. The standard InChI is InChI=1S/C22H22N6O2/c29-21(17-2-1-6-23-13-17)25-11-15-4-9-28-20(10-15)18(14-26-28)22(30)27-8-5-16-12-24-7-3-19(16)27/h1-3,6-7,12-15H,4-5,8-11H2,(H,25,29). The highest BCUT2D eigenvalue weighted by Gasteiger charge is 2.31. The van der Waals surface area contributed by atoms with Crippen LogP contribution in [0.1, 0.15) is 38.4 Å². The van der Waals surface area contributed by atoms with Gasteiger partial charge in [-0.2, -0.15) is 5.10 Å². The molecule has 2 aliphatic heterocycles. The molecule has 30 heavy (non-hydrogen) atoms. The molecule has 0 saturated carbocycles. The minimum Gasteiger partial charge on any atom is -0.352 e. The zero-order valence-electron chi connectivity index (χ0n) is 16.5. The predicted molar refractivity (Wildman–Crippen MR) is 110 cm³/mol. The lowest BCUT2D eigenvalue weighted by molar-refractivity contribution is 0.0941. The highest BCUT2D eigenvalue weighted by Crippen LogP contribution is 2.30. The minimum atomic E-state index is -0.124. The Kier molecular flexibility index (Phi) is 4.74. The Hall–Kier alpha value is -3.55. The molecule has 0 saturated heterocycles. The van der Waals surface area contributed by atoms with E-state index in [0.29, 0.717) is 30.6 Å². The van der Waals surface area contributed by atoms with Gasteiger partial charge in [-0.05, 0) is 48.9 Å². The SMILES string of the molecule is O=C(NCC1CCn2ncc(C(=O)N3CCc4cnccc43)c2C1)c1cccnc1. The van der Waals surface area contributed by atoms with Crippen LogP contribution < -0.4 is 10.2 Å². The number of nitrogens with one attached hydrogen (secondary N) is 1. The third-order valence-corrected chi connectivity index (χ3v) is 5.90. The number of aryl methyl sites for hydroxylation is 1. The summed E-state index contributed by atoms with van der Waals surface area (Å²) in [7, 11) is 0. The lowest BCUT2D eigenvalue weighted by Gasteiger charge is -2.25. The molecule has 0 spiro atoms. The summed E-state index contributed by atoms with van der Waals surface area (Å²) < 4.78 is 1.93. The van der Waals surface area contributed by atoms with Gasteiger partial charge < -0.3 is 10.2 Å². The molecule has 1 N–H and O–H groups in total. The summed E-state index contributed by atoms with van der Waals surface area (Å²) >= 11 is 0. The molecule has 5 heterocycles. The molecule has 2 aliphatic rings. The zero-order chi connectivity index (χ0) is 20.5. The number of anilines is 1. The smallest absolute Gasteiger partial charge is 0.261 e. The summed E-state index contributed by atoms with van der Waals surface area (Å²) in [6.07, 6.45) is 10.9. The van der Waals surface area contributed by atoms with Crippen LogP contribution in [0.2, 0.25) is 0 Å². The molecule has 0 bridgehead atoms. The van der Waals surface area contributed by atoms with Crippen molar-refractivity contribution in [2.75, 3.05) is 18.0 Å². The number of amides is 2. The van der Waals surface area contributed by atoms with Gasteiger partial charge >= 0.3 is 0 Å². The summed E-state index contributed by atoms with van der Waals surface area (Å²) in [5, 5.41) is 7.44. The van der Waals surface area contributed by atoms with Crippen LogP contribution in [0.3, 0.4) is 0 Å². The summed E-state index contributed by atoms with van der Waals surface area (Å²) in [5.74, 6) is 0.124. The summed E-state index contributed by atoms with van der Waals surface area (Å²) in [6.45, 7) is 1.97. The van der Waals surface area contributed by atoms with Crippen LogP contribution in [-0.4, -0.2) is 44.7 Å². The van der Waals surface area contributed by atoms with Crippen molar-refractivity contribution >= 4 is 17.5 Å². The van der Waals surface area contributed by atoms with Crippen molar-refractivity contribution in [2.24, 2.45) is 5.92 Å². The third-order valence-electron chi connectivity index (χ3n) is 5.90. The average molecular weight is 402 g/mol. The maximum absolute atomic E-state index is 13.3. The van der Waals surface area contributed by atoms with Gasteiger partial charge in [0.25, 0.3) is 11.8 Å². The molecular weight excluding hydrogens is 380 g/mol. The van der Waals surface area contributed by atoms with Crippen LogP contribution in [0.15, 0.2) is 49.2 Å². The van der Waals surface area contributed by atoms with Crippen molar-refractivity contribution in [3.05, 3.63) is 71.6 Å². The number of fused-ring (bicyclic) bond motifs is 2. The first kappa shape index (κ1) is 18.5. The van der Waals surface area contributed by atoms with E-state index in [9.17, 15) is 9.59 Å². The first-order valence-corrected chi connectivity index (χ1v) is 10.2. The number of carbonyl (C=O) groups is 2. The van der Waals surface area contributed by atoms with Gasteiger partial charge in [0.05, 0.1) is 28.7 Å². The highest BCUT2D eigenvalue weighted by molar-refractivity contribution is 6.07. The van der Waals surface area contributed by atoms with Gasteiger partial charge in [0, 0.05) is 44.4 Å². The number of hydrogen-bond donors (Lipinski definition) is 1. The second kappa shape index (κ2) is 7.70. The molecule has 1 atom stereocenters. The molecule has 8 heteroatoms. The van der Waals surface area contributed by atoms with Crippen LogP contribution in [0, 0.1) is 5.92 Å². The molecule has 3 aromatic heterocycles. The fourth-order valence-corrected chi connectivity index (χ4v) is 4.27. The van der Waals surface area contributed by atoms with Gasteiger partial charge in [-0.25, -0.2) is 0 Å². The number of rotatable bonds is 4. The highest BCUT2D eigenvalue weighted by atomic mass is 16.2. The van der Waals surface area contributed by atoms with Gasteiger partial charge in [-0.1, -0.05) is 0 Å².